The van der Waals surface area contributed by atoms with Gasteiger partial charge in [0.25, 0.3) is 11.4 Å². The van der Waals surface area contributed by atoms with Crippen LogP contribution in [0, 0.1) is 0 Å². The van der Waals surface area contributed by atoms with Crippen LogP contribution in [0.1, 0.15) is 0 Å². The highest BCUT2D eigenvalue weighted by Crippen LogP contribution is 2.28. The average molecular weight is 312 g/mol. The van der Waals surface area contributed by atoms with Crippen molar-refractivity contribution in [3.05, 3.63) is 46.8 Å². The highest BCUT2D eigenvalue weighted by molar-refractivity contribution is 5.86. The summed E-state index contributed by atoms with van der Waals surface area (Å²) in [6.07, 6.45) is 0. The fraction of sp³-hybridized carbons (Fsp3) is 0.176. The summed E-state index contributed by atoms with van der Waals surface area (Å²) in [5.41, 5.74) is 0.998. The van der Waals surface area contributed by atoms with E-state index in [1.807, 2.05) is 12.1 Å². The zero-order valence-corrected chi connectivity index (χ0v) is 13.0. The molecule has 118 valence electrons. The lowest BCUT2D eigenvalue weighted by Crippen LogP contribution is -2.08. The van der Waals surface area contributed by atoms with Crippen LogP contribution in [0.2, 0.25) is 0 Å². The number of methoxy groups -OCH3 is 3. The smallest absolute Gasteiger partial charge is 0.257 e. The Morgan fingerprint density at radius 1 is 0.957 bits per heavy atom. The number of rotatable bonds is 4. The van der Waals surface area contributed by atoms with E-state index < -0.39 is 0 Å². The third-order valence-corrected chi connectivity index (χ3v) is 3.57. The largest absolute Gasteiger partial charge is 0.497 e. The van der Waals surface area contributed by atoms with E-state index in [1.165, 1.54) is 7.11 Å². The number of hydrogen-bond donors (Lipinski definition) is 1. The van der Waals surface area contributed by atoms with Gasteiger partial charge in [-0.15, -0.1) is 0 Å². The van der Waals surface area contributed by atoms with Crippen molar-refractivity contribution in [1.82, 2.24) is 9.97 Å². The number of aromatic amines is 1. The molecule has 0 aliphatic heterocycles. The van der Waals surface area contributed by atoms with Crippen molar-refractivity contribution in [1.29, 1.82) is 0 Å². The fourth-order valence-corrected chi connectivity index (χ4v) is 2.39. The van der Waals surface area contributed by atoms with Gasteiger partial charge in [-0.25, -0.2) is 4.98 Å². The summed E-state index contributed by atoms with van der Waals surface area (Å²) in [5.74, 6) is 1.58. The second-order valence-corrected chi connectivity index (χ2v) is 4.87. The maximum Gasteiger partial charge on any atom is 0.257 e. The summed E-state index contributed by atoms with van der Waals surface area (Å²) in [6.45, 7) is 0. The van der Waals surface area contributed by atoms with Crippen LogP contribution < -0.4 is 19.8 Å². The van der Waals surface area contributed by atoms with E-state index in [0.29, 0.717) is 34.2 Å². The molecule has 3 rings (SSSR count). The molecule has 0 unspecified atom stereocenters. The molecule has 2 aromatic heterocycles. The van der Waals surface area contributed by atoms with Gasteiger partial charge in [0.1, 0.15) is 5.75 Å². The third kappa shape index (κ3) is 2.70. The molecule has 0 aliphatic rings. The van der Waals surface area contributed by atoms with Crippen LogP contribution in [0.4, 0.5) is 0 Å². The first-order chi connectivity index (χ1) is 11.2. The maximum absolute atomic E-state index is 12.3. The van der Waals surface area contributed by atoms with Crippen molar-refractivity contribution in [2.45, 2.75) is 0 Å². The molecule has 0 aliphatic carbocycles. The molecule has 0 spiro atoms. The number of hydrogen-bond acceptors (Lipinski definition) is 5. The Morgan fingerprint density at radius 3 is 2.48 bits per heavy atom. The Labute approximate surface area is 132 Å². The van der Waals surface area contributed by atoms with Gasteiger partial charge >= 0.3 is 0 Å². The summed E-state index contributed by atoms with van der Waals surface area (Å²) in [6, 6.07) is 10.7. The minimum absolute atomic E-state index is 0.184. The Bertz CT molecular complexity index is 918. The van der Waals surface area contributed by atoms with Crippen molar-refractivity contribution in [2.24, 2.45) is 0 Å². The Balaban J connectivity index is 2.18. The van der Waals surface area contributed by atoms with E-state index in [2.05, 4.69) is 9.97 Å². The lowest BCUT2D eigenvalue weighted by molar-refractivity contribution is 0.343. The molecule has 23 heavy (non-hydrogen) atoms. The van der Waals surface area contributed by atoms with Gasteiger partial charge in [-0.05, 0) is 41.8 Å². The first-order valence-corrected chi connectivity index (χ1v) is 6.96. The Hall–Kier alpha value is -3.02. The summed E-state index contributed by atoms with van der Waals surface area (Å²) >= 11 is 0. The summed E-state index contributed by atoms with van der Waals surface area (Å²) < 4.78 is 15.6. The SMILES string of the molecule is COc1ccc2c(=O)[nH]c(-c3ccc(OC)c(OC)n3)cc2c1. The van der Waals surface area contributed by atoms with Gasteiger partial charge in [-0.1, -0.05) is 0 Å². The van der Waals surface area contributed by atoms with Crippen LogP contribution in [0.5, 0.6) is 17.4 Å². The van der Waals surface area contributed by atoms with Gasteiger partial charge in [-0.2, -0.15) is 0 Å². The molecule has 1 N–H and O–H groups in total. The fourth-order valence-electron chi connectivity index (χ4n) is 2.39. The van der Waals surface area contributed by atoms with Gasteiger partial charge in [0.15, 0.2) is 5.75 Å². The van der Waals surface area contributed by atoms with Crippen molar-refractivity contribution in [3.63, 3.8) is 0 Å². The molecular formula is C17H16N2O4. The van der Waals surface area contributed by atoms with Crippen LogP contribution in [-0.4, -0.2) is 31.3 Å². The number of aromatic nitrogens is 2. The van der Waals surface area contributed by atoms with Crippen LogP contribution in [0.3, 0.4) is 0 Å². The topological polar surface area (TPSA) is 73.4 Å². The quantitative estimate of drug-likeness (QED) is 0.801. The van der Waals surface area contributed by atoms with Gasteiger partial charge in [-0.3, -0.25) is 4.79 Å². The number of fused-ring (bicyclic) bond motifs is 1. The van der Waals surface area contributed by atoms with Crippen LogP contribution in [0.15, 0.2) is 41.2 Å². The normalized spacial score (nSPS) is 10.6. The maximum atomic E-state index is 12.3. The van der Waals surface area contributed by atoms with Crippen molar-refractivity contribution in [3.8, 4) is 28.8 Å². The zero-order valence-electron chi connectivity index (χ0n) is 13.0. The summed E-state index contributed by atoms with van der Waals surface area (Å²) in [5, 5.41) is 1.37. The van der Waals surface area contributed by atoms with Crippen LogP contribution in [0.25, 0.3) is 22.2 Å². The number of ether oxygens (including phenoxy) is 3. The molecule has 3 aromatic rings. The van der Waals surface area contributed by atoms with Gasteiger partial charge < -0.3 is 19.2 Å². The van der Waals surface area contributed by atoms with Crippen molar-refractivity contribution < 1.29 is 14.2 Å². The molecule has 0 atom stereocenters. The molecule has 0 saturated carbocycles. The standard InChI is InChI=1S/C17H16N2O4/c1-21-11-4-5-12-10(8-11)9-14(18-16(12)20)13-6-7-15(22-2)17(19-13)23-3/h4-9H,1-3H3,(H,18,20). The van der Waals surface area contributed by atoms with Crippen molar-refractivity contribution >= 4 is 10.8 Å². The second kappa shape index (κ2) is 6.00. The molecule has 0 amide bonds. The molecule has 0 saturated heterocycles. The number of nitrogens with zero attached hydrogens (tertiary/aromatic N) is 1. The first-order valence-electron chi connectivity index (χ1n) is 6.96. The monoisotopic (exact) mass is 312 g/mol. The molecule has 0 fully saturated rings. The van der Waals surface area contributed by atoms with Crippen LogP contribution >= 0.6 is 0 Å². The number of pyridine rings is 2. The Morgan fingerprint density at radius 2 is 1.78 bits per heavy atom. The minimum Gasteiger partial charge on any atom is -0.497 e. The van der Waals surface area contributed by atoms with Crippen molar-refractivity contribution in [2.75, 3.05) is 21.3 Å². The highest BCUT2D eigenvalue weighted by atomic mass is 16.5. The molecule has 6 heteroatoms. The number of H-pyrrole nitrogens is 1. The lowest BCUT2D eigenvalue weighted by atomic mass is 10.1. The van der Waals surface area contributed by atoms with Gasteiger partial charge in [0, 0.05) is 5.39 Å². The van der Waals surface area contributed by atoms with E-state index in [9.17, 15) is 4.79 Å². The zero-order chi connectivity index (χ0) is 16.4. The number of benzene rings is 1. The van der Waals surface area contributed by atoms with E-state index in [4.69, 9.17) is 14.2 Å². The van der Waals surface area contributed by atoms with E-state index in [-0.39, 0.29) is 5.56 Å². The molecule has 0 radical (unpaired) electrons. The summed E-state index contributed by atoms with van der Waals surface area (Å²) in [7, 11) is 4.65. The summed E-state index contributed by atoms with van der Waals surface area (Å²) in [4.78, 5) is 19.5. The molecule has 2 heterocycles. The molecule has 1 aromatic carbocycles. The number of nitrogens with one attached hydrogen (secondary N) is 1. The Kier molecular flexibility index (Phi) is 3.89. The predicted octanol–water partition coefficient (Wildman–Crippen LogP) is 2.62. The highest BCUT2D eigenvalue weighted by Gasteiger charge is 2.10. The first kappa shape index (κ1) is 14.9. The van der Waals surface area contributed by atoms with Gasteiger partial charge in [0.05, 0.1) is 32.7 Å². The van der Waals surface area contributed by atoms with Gasteiger partial charge in [0.2, 0.25) is 0 Å². The van der Waals surface area contributed by atoms with Crippen LogP contribution in [-0.2, 0) is 0 Å². The predicted molar refractivity (Wildman–Crippen MR) is 87.5 cm³/mol. The third-order valence-electron chi connectivity index (χ3n) is 3.57. The minimum atomic E-state index is -0.184. The van der Waals surface area contributed by atoms with E-state index >= 15 is 0 Å². The second-order valence-electron chi connectivity index (χ2n) is 4.87. The lowest BCUT2D eigenvalue weighted by Gasteiger charge is -2.09. The average Bonchev–Trinajstić information content (AvgIpc) is 2.60. The van der Waals surface area contributed by atoms with E-state index in [0.717, 1.165) is 5.39 Å². The molecule has 6 nitrogen and oxygen atoms in total. The van der Waals surface area contributed by atoms with E-state index in [1.54, 1.807) is 38.5 Å². The molecule has 0 bridgehead atoms. The molecular weight excluding hydrogens is 296 g/mol.